The molecule has 1 aliphatic heterocycles. The molecule has 0 radical (unpaired) electrons. The number of imidazole rings is 1. The first-order valence-corrected chi connectivity index (χ1v) is 8.93. The minimum atomic E-state index is -0.255. The molecule has 1 saturated heterocycles. The molecule has 8 nitrogen and oxygen atoms in total. The quantitative estimate of drug-likeness (QED) is 0.825. The fraction of sp³-hybridized carbons (Fsp3) is 0.556. The molecule has 0 aromatic carbocycles. The van der Waals surface area contributed by atoms with Crippen molar-refractivity contribution in [2.45, 2.75) is 39.8 Å². The minimum absolute atomic E-state index is 0.229. The van der Waals surface area contributed by atoms with Crippen molar-refractivity contribution in [3.63, 3.8) is 0 Å². The zero-order valence-electron chi connectivity index (χ0n) is 16.1. The van der Waals surface area contributed by atoms with Crippen LogP contribution in [0.25, 0.3) is 0 Å². The smallest absolute Gasteiger partial charge is 0.288 e. The van der Waals surface area contributed by atoms with Crippen molar-refractivity contribution in [2.75, 3.05) is 25.0 Å². The van der Waals surface area contributed by atoms with Gasteiger partial charge < -0.3 is 20.1 Å². The van der Waals surface area contributed by atoms with Gasteiger partial charge in [0.2, 0.25) is 5.82 Å². The monoisotopic (exact) mass is 357 g/mol. The number of carbonyl (C=O) groups is 1. The van der Waals surface area contributed by atoms with Crippen LogP contribution in [0.4, 0.5) is 5.82 Å². The molecule has 8 heteroatoms. The number of nitrogens with zero attached hydrogens (tertiary/aromatic N) is 5. The summed E-state index contributed by atoms with van der Waals surface area (Å²) < 4.78 is 2.10. The third-order valence-electron chi connectivity index (χ3n) is 5.17. The fourth-order valence-corrected chi connectivity index (χ4v) is 3.22. The molecule has 1 amide bonds. The first kappa shape index (κ1) is 18.3. The molecule has 0 aliphatic carbocycles. The van der Waals surface area contributed by atoms with Gasteiger partial charge in [-0.25, -0.2) is 15.0 Å². The summed E-state index contributed by atoms with van der Waals surface area (Å²) in [6.07, 6.45) is 2.96. The number of hydrogen-bond donors (Lipinski definition) is 2. The van der Waals surface area contributed by atoms with Gasteiger partial charge in [0.05, 0.1) is 5.69 Å². The largest absolute Gasteiger partial charge is 0.355 e. The highest BCUT2D eigenvalue weighted by atomic mass is 16.2. The number of amides is 1. The third kappa shape index (κ3) is 3.55. The lowest BCUT2D eigenvalue weighted by Crippen LogP contribution is -2.33. The third-order valence-corrected chi connectivity index (χ3v) is 5.17. The average molecular weight is 357 g/mol. The molecule has 0 bridgehead atoms. The van der Waals surface area contributed by atoms with Crippen molar-refractivity contribution in [3.05, 3.63) is 34.8 Å². The van der Waals surface area contributed by atoms with Gasteiger partial charge in [0.25, 0.3) is 5.91 Å². The van der Waals surface area contributed by atoms with Crippen LogP contribution >= 0.6 is 0 Å². The first-order chi connectivity index (χ1) is 12.4. The highest BCUT2D eigenvalue weighted by Gasteiger charge is 2.26. The maximum Gasteiger partial charge on any atom is 0.288 e. The van der Waals surface area contributed by atoms with Crippen LogP contribution in [0, 0.1) is 20.8 Å². The van der Waals surface area contributed by atoms with Gasteiger partial charge in [0, 0.05) is 57.2 Å². The van der Waals surface area contributed by atoms with Gasteiger partial charge in [0.15, 0.2) is 0 Å². The van der Waals surface area contributed by atoms with E-state index in [0.717, 1.165) is 49.0 Å². The second-order valence-corrected chi connectivity index (χ2v) is 6.83. The molecule has 140 valence electrons. The van der Waals surface area contributed by atoms with E-state index in [2.05, 4.69) is 35.1 Å². The lowest BCUT2D eigenvalue weighted by atomic mass is 10.2. The van der Waals surface area contributed by atoms with Gasteiger partial charge in [-0.2, -0.15) is 0 Å². The second kappa shape index (κ2) is 7.41. The molecule has 26 heavy (non-hydrogen) atoms. The predicted octanol–water partition coefficient (Wildman–Crippen LogP) is 0.863. The van der Waals surface area contributed by atoms with Crippen LogP contribution < -0.4 is 15.5 Å². The summed E-state index contributed by atoms with van der Waals surface area (Å²) in [7, 11) is 3.63. The van der Waals surface area contributed by atoms with Gasteiger partial charge >= 0.3 is 0 Å². The molecule has 3 heterocycles. The summed E-state index contributed by atoms with van der Waals surface area (Å²) >= 11 is 0. The number of anilines is 1. The Balaban J connectivity index is 1.69. The fourth-order valence-electron chi connectivity index (χ4n) is 3.22. The van der Waals surface area contributed by atoms with Gasteiger partial charge in [0.1, 0.15) is 11.6 Å². The highest BCUT2D eigenvalue weighted by Crippen LogP contribution is 2.24. The van der Waals surface area contributed by atoms with Crippen molar-refractivity contribution in [3.8, 4) is 0 Å². The van der Waals surface area contributed by atoms with Gasteiger partial charge in [-0.05, 0) is 27.2 Å². The van der Waals surface area contributed by atoms with E-state index in [-0.39, 0.29) is 11.7 Å². The van der Waals surface area contributed by atoms with Gasteiger partial charge in [-0.15, -0.1) is 0 Å². The Morgan fingerprint density at radius 1 is 1.31 bits per heavy atom. The van der Waals surface area contributed by atoms with Crippen molar-refractivity contribution in [2.24, 2.45) is 7.05 Å². The summed E-state index contributed by atoms with van der Waals surface area (Å²) in [5, 5.41) is 6.21. The van der Waals surface area contributed by atoms with Crippen molar-refractivity contribution in [1.82, 2.24) is 30.2 Å². The Labute approximate surface area is 154 Å². The van der Waals surface area contributed by atoms with Crippen molar-refractivity contribution >= 4 is 11.7 Å². The SMILES string of the molecule is CNC(=O)c1nc(C)c(C)c(N2CC[C@@H](NCc3cnc(C)n3C)C2)n1. The molecule has 1 fully saturated rings. The lowest BCUT2D eigenvalue weighted by Gasteiger charge is -2.21. The standard InChI is InChI=1S/C18H27N7O/c1-11-12(2)22-16(18(26)19-4)23-17(11)25-7-6-14(10-25)21-9-15-8-20-13(3)24(15)5/h8,14,21H,6-7,9-10H2,1-5H3,(H,19,26)/t14-/m1/s1. The highest BCUT2D eigenvalue weighted by molar-refractivity contribution is 5.90. The zero-order valence-corrected chi connectivity index (χ0v) is 16.1. The van der Waals surface area contributed by atoms with E-state index < -0.39 is 0 Å². The van der Waals surface area contributed by atoms with Crippen LogP contribution in [0.2, 0.25) is 0 Å². The Morgan fingerprint density at radius 3 is 2.73 bits per heavy atom. The summed E-state index contributed by atoms with van der Waals surface area (Å²) in [5.74, 6) is 1.85. The van der Waals surface area contributed by atoms with Crippen LogP contribution in [-0.4, -0.2) is 51.6 Å². The molecular weight excluding hydrogens is 330 g/mol. The summed E-state index contributed by atoms with van der Waals surface area (Å²) in [5.41, 5.74) is 3.05. The molecule has 1 aliphatic rings. The van der Waals surface area contributed by atoms with E-state index >= 15 is 0 Å². The Morgan fingerprint density at radius 2 is 2.08 bits per heavy atom. The second-order valence-electron chi connectivity index (χ2n) is 6.83. The Hall–Kier alpha value is -2.48. The number of nitrogens with one attached hydrogen (secondary N) is 2. The molecule has 0 spiro atoms. The molecule has 3 rings (SSSR count). The van der Waals surface area contributed by atoms with Crippen LogP contribution in [0.15, 0.2) is 6.20 Å². The number of aryl methyl sites for hydroxylation is 2. The molecular formula is C18H27N7O. The van der Waals surface area contributed by atoms with E-state index in [1.807, 2.05) is 34.0 Å². The van der Waals surface area contributed by atoms with E-state index in [9.17, 15) is 4.79 Å². The van der Waals surface area contributed by atoms with E-state index in [1.54, 1.807) is 7.05 Å². The molecule has 0 saturated carbocycles. The zero-order chi connectivity index (χ0) is 18.8. The Kier molecular flexibility index (Phi) is 5.22. The summed E-state index contributed by atoms with van der Waals surface area (Å²) in [4.78, 5) is 27.3. The van der Waals surface area contributed by atoms with Crippen molar-refractivity contribution in [1.29, 1.82) is 0 Å². The predicted molar refractivity (Wildman–Crippen MR) is 100 cm³/mol. The molecule has 2 N–H and O–H groups in total. The van der Waals surface area contributed by atoms with E-state index in [1.165, 1.54) is 5.69 Å². The lowest BCUT2D eigenvalue weighted by molar-refractivity contribution is 0.0952. The van der Waals surface area contributed by atoms with Crippen LogP contribution in [0.5, 0.6) is 0 Å². The molecule has 0 unspecified atom stereocenters. The number of carbonyl (C=O) groups excluding carboxylic acids is 1. The maximum atomic E-state index is 11.9. The average Bonchev–Trinajstić information content (AvgIpc) is 3.22. The van der Waals surface area contributed by atoms with E-state index in [0.29, 0.717) is 6.04 Å². The summed E-state index contributed by atoms with van der Waals surface area (Å²) in [6, 6.07) is 0.378. The maximum absolute atomic E-state index is 11.9. The summed E-state index contributed by atoms with van der Waals surface area (Å²) in [6.45, 7) is 8.50. The van der Waals surface area contributed by atoms with Crippen LogP contribution in [0.1, 0.15) is 39.8 Å². The normalized spacial score (nSPS) is 17.0. The Bertz CT molecular complexity index is 814. The van der Waals surface area contributed by atoms with Gasteiger partial charge in [-0.1, -0.05) is 0 Å². The molecule has 2 aromatic rings. The number of hydrogen-bond acceptors (Lipinski definition) is 6. The van der Waals surface area contributed by atoms with E-state index in [4.69, 9.17) is 0 Å². The topological polar surface area (TPSA) is 88.0 Å². The molecule has 2 aromatic heterocycles. The van der Waals surface area contributed by atoms with Crippen LogP contribution in [0.3, 0.4) is 0 Å². The first-order valence-electron chi connectivity index (χ1n) is 8.93. The van der Waals surface area contributed by atoms with Gasteiger partial charge in [-0.3, -0.25) is 4.79 Å². The van der Waals surface area contributed by atoms with Crippen LogP contribution in [-0.2, 0) is 13.6 Å². The number of aromatic nitrogens is 4. The van der Waals surface area contributed by atoms with Crippen molar-refractivity contribution < 1.29 is 4.79 Å². The minimum Gasteiger partial charge on any atom is -0.355 e. The molecule has 1 atom stereocenters. The number of rotatable bonds is 5.